The molecule has 6 nitrogen and oxygen atoms in total. The summed E-state index contributed by atoms with van der Waals surface area (Å²) < 4.78 is 0. The number of hydroxylamine groups is 1. The molecule has 132 valence electrons. The zero-order chi connectivity index (χ0) is 17.9. The van der Waals surface area contributed by atoms with Crippen molar-refractivity contribution in [2.75, 3.05) is 6.54 Å². The quantitative estimate of drug-likeness (QED) is 0.186. The lowest BCUT2D eigenvalue weighted by Gasteiger charge is -2.02. The van der Waals surface area contributed by atoms with Crippen molar-refractivity contribution in [1.29, 1.82) is 0 Å². The molecule has 4 N–H and O–H groups in total. The molecule has 2 rings (SSSR count). The van der Waals surface area contributed by atoms with Gasteiger partial charge in [-0.15, -0.1) is 0 Å². The maximum Gasteiger partial charge on any atom is 0.243 e. The maximum absolute atomic E-state index is 11.7. The third-order valence-electron chi connectivity index (χ3n) is 3.76. The Hall–Kier alpha value is -2.86. The molecule has 0 bridgehead atoms. The molecule has 0 aliphatic carbocycles. The van der Waals surface area contributed by atoms with Crippen LogP contribution >= 0.6 is 0 Å². The number of para-hydroxylation sites is 1. The number of allylic oxidation sites excluding steroid dienone is 2. The maximum atomic E-state index is 11.7. The van der Waals surface area contributed by atoms with Gasteiger partial charge in [-0.25, -0.2) is 5.48 Å². The van der Waals surface area contributed by atoms with E-state index in [0.29, 0.717) is 19.4 Å². The molecule has 1 heterocycles. The minimum Gasteiger partial charge on any atom is -0.361 e. The second-order valence-electron chi connectivity index (χ2n) is 5.64. The molecule has 0 atom stereocenters. The highest BCUT2D eigenvalue weighted by Gasteiger charge is 1.99. The molecule has 1 aromatic heterocycles. The van der Waals surface area contributed by atoms with E-state index in [1.807, 2.05) is 42.6 Å². The van der Waals surface area contributed by atoms with E-state index < -0.39 is 0 Å². The summed E-state index contributed by atoms with van der Waals surface area (Å²) in [5, 5.41) is 12.3. The fourth-order valence-electron chi connectivity index (χ4n) is 2.45. The van der Waals surface area contributed by atoms with Crippen molar-refractivity contribution < 1.29 is 14.8 Å². The van der Waals surface area contributed by atoms with Gasteiger partial charge < -0.3 is 10.3 Å². The summed E-state index contributed by atoms with van der Waals surface area (Å²) in [6.07, 6.45) is 11.5. The number of hydrogen-bond donors (Lipinski definition) is 4. The van der Waals surface area contributed by atoms with Gasteiger partial charge in [0.05, 0.1) is 0 Å². The molecule has 0 radical (unpaired) electrons. The van der Waals surface area contributed by atoms with E-state index >= 15 is 0 Å². The summed E-state index contributed by atoms with van der Waals surface area (Å²) in [6.45, 7) is 0.566. The van der Waals surface area contributed by atoms with Crippen molar-refractivity contribution in [3.63, 3.8) is 0 Å². The highest BCUT2D eigenvalue weighted by molar-refractivity contribution is 5.90. The molecule has 0 unspecified atom stereocenters. The number of aromatic nitrogens is 1. The fraction of sp³-hybridized carbons (Fsp3) is 0.263. The second kappa shape index (κ2) is 10.1. The SMILES string of the molecule is O=C(/C=C/C=C/c1c[nH]c2ccccc12)NCCCCCC(=O)NO. The van der Waals surface area contributed by atoms with Crippen molar-refractivity contribution in [2.45, 2.75) is 25.7 Å². The molecule has 0 saturated heterocycles. The number of aromatic amines is 1. The Bertz CT molecular complexity index is 762. The lowest BCUT2D eigenvalue weighted by Crippen LogP contribution is -2.22. The summed E-state index contributed by atoms with van der Waals surface area (Å²) in [6, 6.07) is 8.04. The number of benzene rings is 1. The van der Waals surface area contributed by atoms with E-state index in [0.717, 1.165) is 29.3 Å². The Morgan fingerprint density at radius 2 is 1.96 bits per heavy atom. The number of carbonyl (C=O) groups is 2. The van der Waals surface area contributed by atoms with Crippen molar-refractivity contribution in [3.8, 4) is 0 Å². The average molecular weight is 341 g/mol. The number of H-pyrrole nitrogens is 1. The minimum absolute atomic E-state index is 0.142. The molecular weight excluding hydrogens is 318 g/mol. The first-order valence-corrected chi connectivity index (χ1v) is 8.32. The van der Waals surface area contributed by atoms with Crippen LogP contribution < -0.4 is 10.8 Å². The summed E-state index contributed by atoms with van der Waals surface area (Å²) >= 11 is 0. The van der Waals surface area contributed by atoms with Crippen molar-refractivity contribution >= 4 is 28.8 Å². The predicted molar refractivity (Wildman–Crippen MR) is 97.9 cm³/mol. The highest BCUT2D eigenvalue weighted by Crippen LogP contribution is 2.18. The third kappa shape index (κ3) is 6.27. The first-order valence-electron chi connectivity index (χ1n) is 8.32. The fourth-order valence-corrected chi connectivity index (χ4v) is 2.45. The van der Waals surface area contributed by atoms with Gasteiger partial charge in [-0.1, -0.05) is 42.8 Å². The Morgan fingerprint density at radius 1 is 1.12 bits per heavy atom. The number of rotatable bonds is 9. The Kier molecular flexibility index (Phi) is 7.46. The van der Waals surface area contributed by atoms with Crippen molar-refractivity contribution in [1.82, 2.24) is 15.8 Å². The van der Waals surface area contributed by atoms with Crippen LogP contribution in [0.25, 0.3) is 17.0 Å². The van der Waals surface area contributed by atoms with Gasteiger partial charge in [0.2, 0.25) is 11.8 Å². The number of amides is 2. The molecule has 0 spiro atoms. The lowest BCUT2D eigenvalue weighted by molar-refractivity contribution is -0.129. The second-order valence-corrected chi connectivity index (χ2v) is 5.64. The van der Waals surface area contributed by atoms with Gasteiger partial charge in [-0.2, -0.15) is 0 Å². The number of carbonyl (C=O) groups excluding carboxylic acids is 2. The molecular formula is C19H23N3O3. The van der Waals surface area contributed by atoms with Gasteiger partial charge in [-0.05, 0) is 24.5 Å². The van der Waals surface area contributed by atoms with E-state index in [-0.39, 0.29) is 11.8 Å². The summed E-state index contributed by atoms with van der Waals surface area (Å²) in [5.74, 6) is -0.523. The molecule has 6 heteroatoms. The lowest BCUT2D eigenvalue weighted by atomic mass is 10.1. The standard InChI is InChI=1S/C19H23N3O3/c23-18(20-13-7-1-2-12-19(24)22-25)11-6-3-8-15-14-21-17-10-5-4-9-16(15)17/h3-6,8-11,14,21,25H,1-2,7,12-13H2,(H,20,23)(H,22,24)/b8-3+,11-6+. The average Bonchev–Trinajstić information content (AvgIpc) is 3.04. The van der Waals surface area contributed by atoms with Gasteiger partial charge >= 0.3 is 0 Å². The molecule has 25 heavy (non-hydrogen) atoms. The molecule has 0 aliphatic heterocycles. The van der Waals surface area contributed by atoms with Crippen LogP contribution in [-0.2, 0) is 9.59 Å². The molecule has 0 fully saturated rings. The number of hydrogen-bond acceptors (Lipinski definition) is 3. The third-order valence-corrected chi connectivity index (χ3v) is 3.76. The Morgan fingerprint density at radius 3 is 2.80 bits per heavy atom. The summed E-state index contributed by atoms with van der Waals surface area (Å²) in [7, 11) is 0. The smallest absolute Gasteiger partial charge is 0.243 e. The van der Waals surface area contributed by atoms with Crippen LogP contribution in [0, 0.1) is 0 Å². The monoisotopic (exact) mass is 341 g/mol. The summed E-state index contributed by atoms with van der Waals surface area (Å²) in [4.78, 5) is 25.7. The van der Waals surface area contributed by atoms with Gasteiger partial charge in [0.15, 0.2) is 0 Å². The van der Waals surface area contributed by atoms with Crippen LogP contribution in [0.15, 0.2) is 48.7 Å². The molecule has 0 saturated carbocycles. The topological polar surface area (TPSA) is 94.2 Å². The van der Waals surface area contributed by atoms with E-state index in [9.17, 15) is 9.59 Å². The number of nitrogens with one attached hydrogen (secondary N) is 3. The van der Waals surface area contributed by atoms with Crippen LogP contribution in [0.3, 0.4) is 0 Å². The van der Waals surface area contributed by atoms with Crippen LogP contribution in [0.5, 0.6) is 0 Å². The first-order chi connectivity index (χ1) is 12.2. The normalized spacial score (nSPS) is 11.4. The zero-order valence-electron chi connectivity index (χ0n) is 14.0. The van der Waals surface area contributed by atoms with E-state index in [1.54, 1.807) is 11.6 Å². The van der Waals surface area contributed by atoms with Crippen molar-refractivity contribution in [3.05, 3.63) is 54.3 Å². The number of fused-ring (bicyclic) bond motifs is 1. The van der Waals surface area contributed by atoms with Gasteiger partial charge in [0.25, 0.3) is 0 Å². The first kappa shape index (κ1) is 18.5. The summed E-state index contributed by atoms with van der Waals surface area (Å²) in [5.41, 5.74) is 3.76. The zero-order valence-corrected chi connectivity index (χ0v) is 14.0. The minimum atomic E-state index is -0.381. The Labute approximate surface area is 146 Å². The van der Waals surface area contributed by atoms with E-state index in [4.69, 9.17) is 5.21 Å². The number of unbranched alkanes of at least 4 members (excludes halogenated alkanes) is 2. The Balaban J connectivity index is 1.66. The van der Waals surface area contributed by atoms with Gasteiger partial charge in [0, 0.05) is 36.1 Å². The van der Waals surface area contributed by atoms with E-state index in [1.165, 1.54) is 6.08 Å². The predicted octanol–water partition coefficient (Wildman–Crippen LogP) is 2.92. The molecule has 0 aliphatic rings. The van der Waals surface area contributed by atoms with Gasteiger partial charge in [0.1, 0.15) is 0 Å². The molecule has 2 amide bonds. The van der Waals surface area contributed by atoms with Gasteiger partial charge in [-0.3, -0.25) is 14.8 Å². The largest absolute Gasteiger partial charge is 0.361 e. The van der Waals surface area contributed by atoms with Crippen LogP contribution in [0.4, 0.5) is 0 Å². The molecule has 2 aromatic rings. The van der Waals surface area contributed by atoms with Crippen molar-refractivity contribution in [2.24, 2.45) is 0 Å². The molecule has 1 aromatic carbocycles. The van der Waals surface area contributed by atoms with Crippen LogP contribution in [-0.4, -0.2) is 28.6 Å². The highest BCUT2D eigenvalue weighted by atomic mass is 16.5. The van der Waals surface area contributed by atoms with E-state index in [2.05, 4.69) is 10.3 Å². The van der Waals surface area contributed by atoms with Crippen LogP contribution in [0.2, 0.25) is 0 Å². The van der Waals surface area contributed by atoms with Crippen LogP contribution in [0.1, 0.15) is 31.2 Å².